The number of hydrogen-bond acceptors (Lipinski definition) is 3. The molecule has 1 aromatic heterocycles. The maximum atomic E-state index is 6.33. The quantitative estimate of drug-likeness (QED) is 0.862. The molecule has 1 heterocycles. The molecular weight excluding hydrogens is 238 g/mol. The maximum absolute atomic E-state index is 6.33. The van der Waals surface area contributed by atoms with Gasteiger partial charge in [0, 0.05) is 31.3 Å². The number of aromatic nitrogens is 2. The molecule has 1 rings (SSSR count). The normalized spacial score (nSPS) is 15.8. The van der Waals surface area contributed by atoms with Crippen LogP contribution in [0.3, 0.4) is 0 Å². The molecule has 2 unspecified atom stereocenters. The van der Waals surface area contributed by atoms with Crippen LogP contribution in [0.4, 0.5) is 0 Å². The molecule has 4 heteroatoms. The Kier molecular flexibility index (Phi) is 5.56. The Bertz CT molecular complexity index is 379. The highest BCUT2D eigenvalue weighted by Gasteiger charge is 2.31. The van der Waals surface area contributed by atoms with Crippen molar-refractivity contribution in [2.24, 2.45) is 11.1 Å². The smallest absolute Gasteiger partial charge is 0.0777 e. The van der Waals surface area contributed by atoms with Crippen LogP contribution in [0.2, 0.25) is 0 Å². The zero-order chi connectivity index (χ0) is 14.6. The first kappa shape index (κ1) is 16.2. The number of hydrogen-bond donors (Lipinski definition) is 1. The average Bonchev–Trinajstić information content (AvgIpc) is 2.72. The van der Waals surface area contributed by atoms with Gasteiger partial charge in [0.05, 0.1) is 11.8 Å². The molecule has 0 saturated carbocycles. The second kappa shape index (κ2) is 6.53. The van der Waals surface area contributed by atoms with E-state index in [1.54, 1.807) is 0 Å². The van der Waals surface area contributed by atoms with E-state index in [-0.39, 0.29) is 17.6 Å². The lowest BCUT2D eigenvalue weighted by molar-refractivity contribution is -0.0276. The zero-order valence-electron chi connectivity index (χ0n) is 13.2. The molecule has 0 aliphatic carbocycles. The van der Waals surface area contributed by atoms with E-state index in [1.807, 2.05) is 23.9 Å². The van der Waals surface area contributed by atoms with Crippen LogP contribution in [0.5, 0.6) is 0 Å². The first-order chi connectivity index (χ1) is 8.75. The first-order valence-electron chi connectivity index (χ1n) is 7.17. The fraction of sp³-hybridized carbons (Fsp3) is 0.800. The van der Waals surface area contributed by atoms with Crippen molar-refractivity contribution in [3.05, 3.63) is 18.0 Å². The number of rotatable bonds is 6. The van der Waals surface area contributed by atoms with Crippen LogP contribution in [0.1, 0.15) is 53.3 Å². The SMILES string of the molecule is CCOC(C(N)Cc1ccn(C(C)C)n1)C(C)(C)C. The van der Waals surface area contributed by atoms with Gasteiger partial charge in [0.25, 0.3) is 0 Å². The summed E-state index contributed by atoms with van der Waals surface area (Å²) in [5, 5.41) is 4.56. The van der Waals surface area contributed by atoms with Crippen molar-refractivity contribution in [3.63, 3.8) is 0 Å². The van der Waals surface area contributed by atoms with E-state index < -0.39 is 0 Å². The van der Waals surface area contributed by atoms with Gasteiger partial charge in [-0.15, -0.1) is 0 Å². The minimum absolute atomic E-state index is 0.0320. The summed E-state index contributed by atoms with van der Waals surface area (Å²) < 4.78 is 7.80. The molecule has 0 amide bonds. The van der Waals surface area contributed by atoms with E-state index in [0.29, 0.717) is 12.6 Å². The van der Waals surface area contributed by atoms with Gasteiger partial charge in [-0.1, -0.05) is 20.8 Å². The summed E-state index contributed by atoms with van der Waals surface area (Å²) in [5.41, 5.74) is 7.41. The Morgan fingerprint density at radius 2 is 2.00 bits per heavy atom. The van der Waals surface area contributed by atoms with E-state index in [1.165, 1.54) is 0 Å². The van der Waals surface area contributed by atoms with E-state index in [4.69, 9.17) is 10.5 Å². The van der Waals surface area contributed by atoms with Gasteiger partial charge in [0.1, 0.15) is 0 Å². The van der Waals surface area contributed by atoms with Crippen molar-refractivity contribution in [3.8, 4) is 0 Å². The minimum atomic E-state index is -0.0320. The summed E-state index contributed by atoms with van der Waals surface area (Å²) in [5.74, 6) is 0. The van der Waals surface area contributed by atoms with Gasteiger partial charge in [0.15, 0.2) is 0 Å². The van der Waals surface area contributed by atoms with E-state index >= 15 is 0 Å². The van der Waals surface area contributed by atoms with Crippen molar-refractivity contribution in [1.82, 2.24) is 9.78 Å². The second-order valence-electron chi connectivity index (χ2n) is 6.49. The Morgan fingerprint density at radius 3 is 2.42 bits per heavy atom. The summed E-state index contributed by atoms with van der Waals surface area (Å²) in [7, 11) is 0. The van der Waals surface area contributed by atoms with Crippen LogP contribution < -0.4 is 5.73 Å². The highest BCUT2D eigenvalue weighted by atomic mass is 16.5. The first-order valence-corrected chi connectivity index (χ1v) is 7.17. The van der Waals surface area contributed by atoms with Crippen molar-refractivity contribution in [2.45, 2.75) is 66.2 Å². The fourth-order valence-corrected chi connectivity index (χ4v) is 2.32. The fourth-order valence-electron chi connectivity index (χ4n) is 2.32. The van der Waals surface area contributed by atoms with Crippen molar-refractivity contribution in [2.75, 3.05) is 6.61 Å². The molecule has 0 aliphatic rings. The van der Waals surface area contributed by atoms with E-state index in [0.717, 1.165) is 12.1 Å². The van der Waals surface area contributed by atoms with Gasteiger partial charge in [-0.05, 0) is 32.3 Å². The molecule has 2 N–H and O–H groups in total. The number of ether oxygens (including phenoxy) is 1. The predicted molar refractivity (Wildman–Crippen MR) is 79.2 cm³/mol. The molecule has 0 radical (unpaired) electrons. The van der Waals surface area contributed by atoms with Crippen molar-refractivity contribution >= 4 is 0 Å². The lowest BCUT2D eigenvalue weighted by Gasteiger charge is -2.34. The second-order valence-corrected chi connectivity index (χ2v) is 6.49. The third-order valence-electron chi connectivity index (χ3n) is 3.23. The molecule has 110 valence electrons. The van der Waals surface area contributed by atoms with Crippen molar-refractivity contribution < 1.29 is 4.74 Å². The van der Waals surface area contributed by atoms with Gasteiger partial charge >= 0.3 is 0 Å². The Morgan fingerprint density at radius 1 is 1.37 bits per heavy atom. The molecule has 0 fully saturated rings. The molecular formula is C15H29N3O. The predicted octanol–water partition coefficient (Wildman–Crippen LogP) is 2.79. The van der Waals surface area contributed by atoms with Crippen LogP contribution in [0.25, 0.3) is 0 Å². The van der Waals surface area contributed by atoms with Crippen molar-refractivity contribution in [1.29, 1.82) is 0 Å². The van der Waals surface area contributed by atoms with Crippen LogP contribution in [-0.2, 0) is 11.2 Å². The summed E-state index contributed by atoms with van der Waals surface area (Å²) in [6.45, 7) is 13.4. The number of nitrogens with two attached hydrogens (primary N) is 1. The molecule has 0 aliphatic heterocycles. The standard InChI is InChI=1S/C15H29N3O/c1-7-19-14(15(4,5)6)13(16)10-12-8-9-18(17-12)11(2)3/h8-9,11,13-14H,7,10,16H2,1-6H3. The van der Waals surface area contributed by atoms with Crippen LogP contribution in [0.15, 0.2) is 12.3 Å². The van der Waals surface area contributed by atoms with Gasteiger partial charge < -0.3 is 10.5 Å². The number of nitrogens with zero attached hydrogens (tertiary/aromatic N) is 2. The zero-order valence-corrected chi connectivity index (χ0v) is 13.2. The summed E-state index contributed by atoms with van der Waals surface area (Å²) >= 11 is 0. The summed E-state index contributed by atoms with van der Waals surface area (Å²) in [4.78, 5) is 0. The van der Waals surface area contributed by atoms with Gasteiger partial charge in [0.2, 0.25) is 0 Å². The largest absolute Gasteiger partial charge is 0.376 e. The Hall–Kier alpha value is -0.870. The molecule has 4 nitrogen and oxygen atoms in total. The highest BCUT2D eigenvalue weighted by molar-refractivity contribution is 5.03. The highest BCUT2D eigenvalue weighted by Crippen LogP contribution is 2.25. The van der Waals surface area contributed by atoms with Crippen LogP contribution in [0, 0.1) is 5.41 Å². The van der Waals surface area contributed by atoms with E-state index in [2.05, 4.69) is 39.7 Å². The Balaban J connectivity index is 2.72. The molecule has 0 bridgehead atoms. The topological polar surface area (TPSA) is 53.1 Å². The van der Waals surface area contributed by atoms with Gasteiger partial charge in [-0.2, -0.15) is 5.10 Å². The third-order valence-corrected chi connectivity index (χ3v) is 3.23. The van der Waals surface area contributed by atoms with Crippen LogP contribution in [-0.4, -0.2) is 28.5 Å². The molecule has 0 aromatic carbocycles. The average molecular weight is 267 g/mol. The third kappa shape index (κ3) is 4.62. The van der Waals surface area contributed by atoms with Crippen LogP contribution >= 0.6 is 0 Å². The summed E-state index contributed by atoms with van der Waals surface area (Å²) in [6, 6.07) is 2.40. The lowest BCUT2D eigenvalue weighted by atomic mass is 9.83. The molecule has 1 aromatic rings. The molecule has 0 spiro atoms. The van der Waals surface area contributed by atoms with Gasteiger partial charge in [-0.3, -0.25) is 4.68 Å². The van der Waals surface area contributed by atoms with E-state index in [9.17, 15) is 0 Å². The monoisotopic (exact) mass is 267 g/mol. The Labute approximate surface area is 117 Å². The molecule has 2 atom stereocenters. The lowest BCUT2D eigenvalue weighted by Crippen LogP contribution is -2.46. The molecule has 19 heavy (non-hydrogen) atoms. The maximum Gasteiger partial charge on any atom is 0.0777 e. The van der Waals surface area contributed by atoms with Gasteiger partial charge in [-0.25, -0.2) is 0 Å². The summed E-state index contributed by atoms with van der Waals surface area (Å²) in [6.07, 6.45) is 2.81. The molecule has 0 saturated heterocycles. The minimum Gasteiger partial charge on any atom is -0.376 e.